The van der Waals surface area contributed by atoms with Crippen LogP contribution in [0.25, 0.3) is 6.08 Å². The number of allylic oxidation sites excluding steroid dienone is 1. The third-order valence-electron chi connectivity index (χ3n) is 1.89. The van der Waals surface area contributed by atoms with Crippen molar-refractivity contribution in [3.63, 3.8) is 0 Å². The predicted octanol–water partition coefficient (Wildman–Crippen LogP) is 1.70. The van der Waals surface area contributed by atoms with Crippen LogP contribution in [0.3, 0.4) is 0 Å². The van der Waals surface area contributed by atoms with Crippen LogP contribution in [0.15, 0.2) is 18.2 Å². The number of hydrogen-bond acceptors (Lipinski definition) is 4. The molecule has 78 valence electrons. The van der Waals surface area contributed by atoms with Crippen LogP contribution < -0.4 is 5.73 Å². The van der Waals surface area contributed by atoms with Crippen LogP contribution in [-0.4, -0.2) is 11.2 Å². The van der Waals surface area contributed by atoms with Crippen molar-refractivity contribution in [2.24, 2.45) is 0 Å². The Bertz CT molecular complexity index is 439. The van der Waals surface area contributed by atoms with E-state index < -0.39 is 4.92 Å². The number of hydrogen-bond donors (Lipinski definition) is 1. The number of rotatable bonds is 3. The number of nitrogens with zero attached hydrogens (tertiary/aromatic N) is 1. The molecule has 0 saturated carbocycles. The zero-order valence-electron chi connectivity index (χ0n) is 8.14. The van der Waals surface area contributed by atoms with E-state index in [0.717, 1.165) is 5.56 Å². The van der Waals surface area contributed by atoms with Crippen LogP contribution in [-0.2, 0) is 4.79 Å². The lowest BCUT2D eigenvalue weighted by atomic mass is 10.1. The first-order chi connectivity index (χ1) is 7.06. The van der Waals surface area contributed by atoms with Crippen LogP contribution >= 0.6 is 0 Å². The van der Waals surface area contributed by atoms with E-state index in [1.54, 1.807) is 13.0 Å². The highest BCUT2D eigenvalue weighted by atomic mass is 16.6. The molecule has 0 aliphatic heterocycles. The monoisotopic (exact) mass is 206 g/mol. The summed E-state index contributed by atoms with van der Waals surface area (Å²) < 4.78 is 0. The molecule has 0 aliphatic carbocycles. The fourth-order valence-corrected chi connectivity index (χ4v) is 1.24. The predicted molar refractivity (Wildman–Crippen MR) is 57.3 cm³/mol. The molecular weight excluding hydrogens is 196 g/mol. The van der Waals surface area contributed by atoms with Gasteiger partial charge in [-0.1, -0.05) is 0 Å². The van der Waals surface area contributed by atoms with Crippen LogP contribution in [0.4, 0.5) is 11.4 Å². The van der Waals surface area contributed by atoms with E-state index >= 15 is 0 Å². The summed E-state index contributed by atoms with van der Waals surface area (Å²) >= 11 is 0. The number of aryl methyl sites for hydroxylation is 1. The van der Waals surface area contributed by atoms with Crippen molar-refractivity contribution in [1.29, 1.82) is 0 Å². The van der Waals surface area contributed by atoms with Gasteiger partial charge in [0.2, 0.25) is 0 Å². The minimum atomic E-state index is -0.541. The maximum Gasteiger partial charge on any atom is 0.292 e. The average Bonchev–Trinajstić information content (AvgIpc) is 2.18. The minimum absolute atomic E-state index is 0.0729. The van der Waals surface area contributed by atoms with Gasteiger partial charge in [-0.25, -0.2) is 0 Å². The Morgan fingerprint density at radius 3 is 2.67 bits per heavy atom. The molecule has 0 spiro atoms. The second kappa shape index (κ2) is 4.36. The molecule has 0 atom stereocenters. The number of aldehydes is 1. The molecule has 5 heteroatoms. The molecule has 1 aromatic carbocycles. The number of carbonyl (C=O) groups excluding carboxylic acids is 1. The van der Waals surface area contributed by atoms with Crippen molar-refractivity contribution in [3.8, 4) is 0 Å². The van der Waals surface area contributed by atoms with Gasteiger partial charge in [-0.2, -0.15) is 0 Å². The van der Waals surface area contributed by atoms with Crippen molar-refractivity contribution in [1.82, 2.24) is 0 Å². The molecule has 15 heavy (non-hydrogen) atoms. The second-order valence-corrected chi connectivity index (χ2v) is 3.04. The van der Waals surface area contributed by atoms with E-state index in [1.165, 1.54) is 18.2 Å². The van der Waals surface area contributed by atoms with Gasteiger partial charge in [0.15, 0.2) is 0 Å². The first-order valence-electron chi connectivity index (χ1n) is 4.22. The Hall–Kier alpha value is -2.17. The number of carbonyl (C=O) groups is 1. The summed E-state index contributed by atoms with van der Waals surface area (Å²) in [5, 5.41) is 10.6. The third-order valence-corrected chi connectivity index (χ3v) is 1.89. The SMILES string of the molecule is Cc1cc(C=CC=O)c(N)c([N+](=O)[O-])c1. The van der Waals surface area contributed by atoms with Crippen LogP contribution in [0.2, 0.25) is 0 Å². The quantitative estimate of drug-likeness (QED) is 0.268. The molecule has 1 rings (SSSR count). The van der Waals surface area contributed by atoms with Gasteiger partial charge >= 0.3 is 0 Å². The number of benzene rings is 1. The number of nitro groups is 1. The van der Waals surface area contributed by atoms with Gasteiger partial charge in [0.1, 0.15) is 12.0 Å². The fraction of sp³-hybridized carbons (Fsp3) is 0.100. The van der Waals surface area contributed by atoms with Crippen molar-refractivity contribution in [3.05, 3.63) is 39.4 Å². The molecule has 5 nitrogen and oxygen atoms in total. The highest BCUT2D eigenvalue weighted by molar-refractivity contribution is 5.80. The van der Waals surface area contributed by atoms with E-state index in [1.807, 2.05) is 0 Å². The summed E-state index contributed by atoms with van der Waals surface area (Å²) in [5.74, 6) is 0. The number of nitrogens with two attached hydrogens (primary N) is 1. The Morgan fingerprint density at radius 1 is 1.47 bits per heavy atom. The lowest BCUT2D eigenvalue weighted by Gasteiger charge is -2.03. The first kappa shape index (κ1) is 10.9. The molecule has 0 fully saturated rings. The van der Waals surface area contributed by atoms with Gasteiger partial charge in [-0.15, -0.1) is 0 Å². The molecule has 0 aromatic heterocycles. The Balaban J connectivity index is 3.34. The summed E-state index contributed by atoms with van der Waals surface area (Å²) in [6.45, 7) is 1.73. The van der Waals surface area contributed by atoms with E-state index in [0.29, 0.717) is 11.8 Å². The average molecular weight is 206 g/mol. The smallest absolute Gasteiger partial charge is 0.292 e. The lowest BCUT2D eigenvalue weighted by Crippen LogP contribution is -1.98. The summed E-state index contributed by atoms with van der Waals surface area (Å²) in [4.78, 5) is 20.2. The van der Waals surface area contributed by atoms with Crippen molar-refractivity contribution < 1.29 is 9.72 Å². The third kappa shape index (κ3) is 2.40. The summed E-state index contributed by atoms with van der Waals surface area (Å²) in [5.41, 5.74) is 6.72. The van der Waals surface area contributed by atoms with E-state index in [4.69, 9.17) is 5.73 Å². The van der Waals surface area contributed by atoms with Gasteiger partial charge in [-0.3, -0.25) is 14.9 Å². The fourth-order valence-electron chi connectivity index (χ4n) is 1.24. The standard InChI is InChI=1S/C10H10N2O3/c1-7-5-8(3-2-4-13)10(11)9(6-7)12(14)15/h2-6H,11H2,1H3. The largest absolute Gasteiger partial charge is 0.393 e. The topological polar surface area (TPSA) is 86.2 Å². The lowest BCUT2D eigenvalue weighted by molar-refractivity contribution is -0.383. The van der Waals surface area contributed by atoms with E-state index in [9.17, 15) is 14.9 Å². The summed E-state index contributed by atoms with van der Waals surface area (Å²) in [6, 6.07) is 3.08. The highest BCUT2D eigenvalue weighted by Gasteiger charge is 2.14. The van der Waals surface area contributed by atoms with Crippen LogP contribution in [0.1, 0.15) is 11.1 Å². The maximum absolute atomic E-state index is 10.6. The molecule has 0 saturated heterocycles. The normalized spacial score (nSPS) is 10.5. The van der Waals surface area contributed by atoms with Gasteiger partial charge in [0, 0.05) is 11.6 Å². The van der Waals surface area contributed by atoms with Crippen LogP contribution in [0.5, 0.6) is 0 Å². The summed E-state index contributed by atoms with van der Waals surface area (Å²) in [7, 11) is 0. The van der Waals surface area contributed by atoms with Crippen LogP contribution in [0, 0.1) is 17.0 Å². The van der Waals surface area contributed by atoms with Crippen molar-refractivity contribution >= 4 is 23.7 Å². The number of nitro benzene ring substituents is 1. The Morgan fingerprint density at radius 2 is 2.13 bits per heavy atom. The molecular formula is C10H10N2O3. The molecule has 0 heterocycles. The number of anilines is 1. The Labute approximate surface area is 86.4 Å². The van der Waals surface area contributed by atoms with E-state index in [-0.39, 0.29) is 11.4 Å². The molecule has 1 aromatic rings. The molecule has 0 unspecified atom stereocenters. The van der Waals surface area contributed by atoms with E-state index in [2.05, 4.69) is 0 Å². The molecule has 2 N–H and O–H groups in total. The van der Waals surface area contributed by atoms with Gasteiger partial charge in [0.25, 0.3) is 5.69 Å². The van der Waals surface area contributed by atoms with Crippen molar-refractivity contribution in [2.75, 3.05) is 5.73 Å². The Kier molecular flexibility index (Phi) is 3.17. The van der Waals surface area contributed by atoms with Crippen molar-refractivity contribution in [2.45, 2.75) is 6.92 Å². The van der Waals surface area contributed by atoms with Gasteiger partial charge < -0.3 is 5.73 Å². The first-order valence-corrected chi connectivity index (χ1v) is 4.22. The van der Waals surface area contributed by atoms with Gasteiger partial charge in [-0.05, 0) is 30.7 Å². The molecule has 0 radical (unpaired) electrons. The molecule has 0 bridgehead atoms. The summed E-state index contributed by atoms with van der Waals surface area (Å²) in [6.07, 6.45) is 3.28. The highest BCUT2D eigenvalue weighted by Crippen LogP contribution is 2.27. The number of nitrogen functional groups attached to an aromatic ring is 1. The zero-order chi connectivity index (χ0) is 11.4. The molecule has 0 amide bonds. The van der Waals surface area contributed by atoms with Gasteiger partial charge in [0.05, 0.1) is 4.92 Å². The maximum atomic E-state index is 10.6. The second-order valence-electron chi connectivity index (χ2n) is 3.04. The zero-order valence-corrected chi connectivity index (χ0v) is 8.14. The minimum Gasteiger partial charge on any atom is -0.393 e. The molecule has 0 aliphatic rings.